The molecular weight excluding hydrogens is 192 g/mol. The molecule has 4 nitrogen and oxygen atoms in total. The Morgan fingerprint density at radius 2 is 1.93 bits per heavy atom. The van der Waals surface area contributed by atoms with Crippen molar-refractivity contribution in [3.63, 3.8) is 0 Å². The summed E-state index contributed by atoms with van der Waals surface area (Å²) in [6.45, 7) is 7.04. The first-order valence-electron chi connectivity index (χ1n) is 5.54. The third kappa shape index (κ3) is 8.39. The number of hydrogen-bond acceptors (Lipinski definition) is 3. The Bertz CT molecular complexity index is 183. The van der Waals surface area contributed by atoms with Crippen molar-refractivity contribution in [1.29, 1.82) is 0 Å². The average molecular weight is 216 g/mol. The molecule has 15 heavy (non-hydrogen) atoms. The molecule has 0 rings (SSSR count). The second-order valence-corrected chi connectivity index (χ2v) is 4.45. The van der Waals surface area contributed by atoms with E-state index in [1.165, 1.54) is 0 Å². The molecule has 0 radical (unpaired) electrons. The minimum atomic E-state index is -0.739. The van der Waals surface area contributed by atoms with Crippen LogP contribution in [-0.2, 0) is 4.79 Å². The summed E-state index contributed by atoms with van der Waals surface area (Å²) in [6, 6.07) is 0. The molecule has 0 fully saturated rings. The second-order valence-electron chi connectivity index (χ2n) is 4.45. The first-order valence-corrected chi connectivity index (χ1v) is 5.54. The van der Waals surface area contributed by atoms with Gasteiger partial charge in [-0.3, -0.25) is 9.69 Å². The largest absolute Gasteiger partial charge is 0.480 e. The number of likely N-dealkylation sites (N-methyl/N-ethyl adjacent to an activating group) is 1. The second kappa shape index (κ2) is 7.65. The fourth-order valence-corrected chi connectivity index (χ4v) is 1.34. The summed E-state index contributed by atoms with van der Waals surface area (Å²) < 4.78 is 0. The van der Waals surface area contributed by atoms with Crippen LogP contribution < -0.4 is 0 Å². The van der Waals surface area contributed by atoms with Gasteiger partial charge in [0.05, 0.1) is 6.54 Å². The van der Waals surface area contributed by atoms with E-state index in [1.54, 1.807) is 0 Å². The molecule has 0 spiro atoms. The molecular formula is C11H24N2O2. The first kappa shape index (κ1) is 14.4. The van der Waals surface area contributed by atoms with E-state index in [-0.39, 0.29) is 6.54 Å². The summed E-state index contributed by atoms with van der Waals surface area (Å²) in [5, 5.41) is 8.78. The van der Waals surface area contributed by atoms with E-state index in [0.717, 1.165) is 26.1 Å². The molecule has 0 aliphatic heterocycles. The van der Waals surface area contributed by atoms with Gasteiger partial charge in [-0.1, -0.05) is 20.3 Å². The van der Waals surface area contributed by atoms with Crippen molar-refractivity contribution in [1.82, 2.24) is 9.80 Å². The van der Waals surface area contributed by atoms with Gasteiger partial charge in [0.2, 0.25) is 0 Å². The lowest BCUT2D eigenvalue weighted by Gasteiger charge is -2.24. The van der Waals surface area contributed by atoms with Crippen molar-refractivity contribution in [2.24, 2.45) is 5.92 Å². The summed E-state index contributed by atoms with van der Waals surface area (Å²) in [6.07, 6.45) is 1.10. The summed E-state index contributed by atoms with van der Waals surface area (Å²) >= 11 is 0. The molecule has 0 bridgehead atoms. The average Bonchev–Trinajstić information content (AvgIpc) is 2.13. The Kier molecular flexibility index (Phi) is 7.34. The van der Waals surface area contributed by atoms with Gasteiger partial charge in [-0.25, -0.2) is 0 Å². The monoisotopic (exact) mass is 216 g/mol. The molecule has 0 aromatic carbocycles. The molecule has 0 aliphatic rings. The Balaban J connectivity index is 4.00. The van der Waals surface area contributed by atoms with Crippen LogP contribution in [0.25, 0.3) is 0 Å². The Morgan fingerprint density at radius 1 is 1.33 bits per heavy atom. The zero-order valence-corrected chi connectivity index (χ0v) is 10.4. The zero-order chi connectivity index (χ0) is 11.8. The Morgan fingerprint density at radius 3 is 2.33 bits per heavy atom. The first-order chi connectivity index (χ1) is 6.95. The highest BCUT2D eigenvalue weighted by Crippen LogP contribution is 2.03. The molecule has 1 N–H and O–H groups in total. The number of aliphatic carboxylic acids is 1. The van der Waals surface area contributed by atoms with Crippen molar-refractivity contribution in [3.05, 3.63) is 0 Å². The van der Waals surface area contributed by atoms with Gasteiger partial charge < -0.3 is 10.0 Å². The maximum Gasteiger partial charge on any atom is 0.317 e. The summed E-state index contributed by atoms with van der Waals surface area (Å²) in [5.74, 6) is -0.177. The van der Waals surface area contributed by atoms with Gasteiger partial charge in [-0.2, -0.15) is 0 Å². The highest BCUT2D eigenvalue weighted by Gasteiger charge is 2.12. The van der Waals surface area contributed by atoms with Gasteiger partial charge >= 0.3 is 5.97 Å². The van der Waals surface area contributed by atoms with Crippen LogP contribution in [0.5, 0.6) is 0 Å². The maximum atomic E-state index is 10.7. The number of hydrogen-bond donors (Lipinski definition) is 1. The number of carboxylic acid groups (broad SMARTS) is 1. The van der Waals surface area contributed by atoms with E-state index in [0.29, 0.717) is 5.92 Å². The molecule has 1 unspecified atom stereocenters. The molecule has 0 saturated heterocycles. The predicted molar refractivity (Wildman–Crippen MR) is 62.1 cm³/mol. The van der Waals surface area contributed by atoms with Crippen LogP contribution in [0.2, 0.25) is 0 Å². The van der Waals surface area contributed by atoms with Crippen LogP contribution in [0.4, 0.5) is 0 Å². The highest BCUT2D eigenvalue weighted by atomic mass is 16.4. The highest BCUT2D eigenvalue weighted by molar-refractivity contribution is 5.69. The lowest BCUT2D eigenvalue weighted by atomic mass is 10.1. The van der Waals surface area contributed by atoms with E-state index >= 15 is 0 Å². The van der Waals surface area contributed by atoms with E-state index in [2.05, 4.69) is 18.7 Å². The van der Waals surface area contributed by atoms with Crippen LogP contribution in [-0.4, -0.2) is 61.2 Å². The number of carbonyl (C=O) groups is 1. The van der Waals surface area contributed by atoms with Gasteiger partial charge in [0.25, 0.3) is 0 Å². The zero-order valence-electron chi connectivity index (χ0n) is 10.4. The number of carboxylic acids is 1. The standard InChI is InChI=1S/C11H24N2O2/c1-5-10(2)8-13(9-11(14)15)7-6-12(3)4/h10H,5-9H2,1-4H3,(H,14,15). The van der Waals surface area contributed by atoms with Crippen molar-refractivity contribution < 1.29 is 9.90 Å². The van der Waals surface area contributed by atoms with Gasteiger partial charge in [-0.05, 0) is 20.0 Å². The molecule has 0 amide bonds. The lowest BCUT2D eigenvalue weighted by Crippen LogP contribution is -2.38. The van der Waals surface area contributed by atoms with Gasteiger partial charge in [0, 0.05) is 19.6 Å². The van der Waals surface area contributed by atoms with Gasteiger partial charge in [0.1, 0.15) is 0 Å². The van der Waals surface area contributed by atoms with Crippen molar-refractivity contribution in [2.75, 3.05) is 40.3 Å². The normalized spacial score (nSPS) is 13.5. The topological polar surface area (TPSA) is 43.8 Å². The van der Waals surface area contributed by atoms with E-state index in [4.69, 9.17) is 5.11 Å². The van der Waals surface area contributed by atoms with Gasteiger partial charge in [-0.15, -0.1) is 0 Å². The number of nitrogens with zero attached hydrogens (tertiary/aromatic N) is 2. The molecule has 0 aliphatic carbocycles. The van der Waals surface area contributed by atoms with Crippen molar-refractivity contribution >= 4 is 5.97 Å². The molecule has 0 heterocycles. The molecule has 90 valence electrons. The van der Waals surface area contributed by atoms with Crippen LogP contribution in [0.3, 0.4) is 0 Å². The summed E-state index contributed by atoms with van der Waals surface area (Å²) in [4.78, 5) is 14.8. The smallest absolute Gasteiger partial charge is 0.317 e. The molecule has 1 atom stereocenters. The number of rotatable bonds is 8. The van der Waals surface area contributed by atoms with Crippen LogP contribution in [0.15, 0.2) is 0 Å². The third-order valence-corrected chi connectivity index (χ3v) is 2.49. The summed E-state index contributed by atoms with van der Waals surface area (Å²) in [5.41, 5.74) is 0. The van der Waals surface area contributed by atoms with Crippen LogP contribution >= 0.6 is 0 Å². The maximum absolute atomic E-state index is 10.7. The lowest BCUT2D eigenvalue weighted by molar-refractivity contribution is -0.138. The van der Waals surface area contributed by atoms with E-state index < -0.39 is 5.97 Å². The third-order valence-electron chi connectivity index (χ3n) is 2.49. The molecule has 0 saturated carbocycles. The minimum Gasteiger partial charge on any atom is -0.480 e. The van der Waals surface area contributed by atoms with Crippen molar-refractivity contribution in [3.8, 4) is 0 Å². The van der Waals surface area contributed by atoms with Crippen molar-refractivity contribution in [2.45, 2.75) is 20.3 Å². The fraction of sp³-hybridized carbons (Fsp3) is 0.909. The predicted octanol–water partition coefficient (Wildman–Crippen LogP) is 0.981. The van der Waals surface area contributed by atoms with Gasteiger partial charge in [0.15, 0.2) is 0 Å². The quantitative estimate of drug-likeness (QED) is 0.657. The SMILES string of the molecule is CCC(C)CN(CCN(C)C)CC(=O)O. The fourth-order valence-electron chi connectivity index (χ4n) is 1.34. The Labute approximate surface area is 92.9 Å². The molecule has 0 aromatic heterocycles. The minimum absolute atomic E-state index is 0.151. The van der Waals surface area contributed by atoms with Crippen LogP contribution in [0.1, 0.15) is 20.3 Å². The van der Waals surface area contributed by atoms with E-state index in [1.807, 2.05) is 19.0 Å². The van der Waals surface area contributed by atoms with E-state index in [9.17, 15) is 4.79 Å². The Hall–Kier alpha value is -0.610. The molecule has 0 aromatic rings. The summed E-state index contributed by atoms with van der Waals surface area (Å²) in [7, 11) is 4.00. The molecule has 4 heteroatoms. The van der Waals surface area contributed by atoms with Crippen LogP contribution in [0, 0.1) is 5.92 Å².